The van der Waals surface area contributed by atoms with Crippen LogP contribution in [0.25, 0.3) is 0 Å². The van der Waals surface area contributed by atoms with E-state index in [0.717, 1.165) is 38.4 Å². The van der Waals surface area contributed by atoms with Gasteiger partial charge < -0.3 is 24.9 Å². The van der Waals surface area contributed by atoms with Crippen molar-refractivity contribution in [2.45, 2.75) is 6.92 Å². The number of furan rings is 1. The van der Waals surface area contributed by atoms with E-state index in [1.807, 2.05) is 24.3 Å². The van der Waals surface area contributed by atoms with E-state index >= 15 is 0 Å². The predicted octanol–water partition coefficient (Wildman–Crippen LogP) is 1.79. The summed E-state index contributed by atoms with van der Waals surface area (Å²) in [4.78, 5) is 28.5. The molecular formula is C19H24N4O3. The highest BCUT2D eigenvalue weighted by Gasteiger charge is 2.16. The Hall–Kier alpha value is -2.80. The molecule has 1 fully saturated rings. The van der Waals surface area contributed by atoms with E-state index in [-0.39, 0.29) is 18.2 Å². The Kier molecular flexibility index (Phi) is 5.91. The molecular weight excluding hydrogens is 332 g/mol. The minimum absolute atomic E-state index is 0.111. The van der Waals surface area contributed by atoms with Crippen LogP contribution in [0.3, 0.4) is 0 Å². The maximum Gasteiger partial charge on any atom is 0.287 e. The van der Waals surface area contributed by atoms with Crippen LogP contribution in [0.15, 0.2) is 47.1 Å². The van der Waals surface area contributed by atoms with Crippen LogP contribution in [0.2, 0.25) is 0 Å². The third-order valence-corrected chi connectivity index (χ3v) is 4.49. The molecule has 1 aromatic carbocycles. The highest BCUT2D eigenvalue weighted by molar-refractivity contribution is 5.98. The largest absolute Gasteiger partial charge is 0.459 e. The van der Waals surface area contributed by atoms with Gasteiger partial charge in [0.2, 0.25) is 5.91 Å². The van der Waals surface area contributed by atoms with Crippen molar-refractivity contribution in [3.63, 3.8) is 0 Å². The van der Waals surface area contributed by atoms with Gasteiger partial charge in [0.25, 0.3) is 5.91 Å². The molecule has 0 radical (unpaired) electrons. The number of hydrogen-bond acceptors (Lipinski definition) is 5. The standard InChI is InChI=1S/C19H24N4O3/c1-2-22-9-11-23(12-10-22)16-7-5-15(6-8-16)21-18(24)14-20-19(25)17-4-3-13-26-17/h3-8,13H,2,9-12,14H2,1H3,(H,20,25)(H,21,24). The van der Waals surface area contributed by atoms with Gasteiger partial charge in [-0.25, -0.2) is 0 Å². The molecule has 3 rings (SSSR count). The van der Waals surface area contributed by atoms with Crippen LogP contribution < -0.4 is 15.5 Å². The Morgan fingerprint density at radius 1 is 1.08 bits per heavy atom. The molecule has 0 unspecified atom stereocenters. The van der Waals surface area contributed by atoms with Crippen molar-refractivity contribution in [3.05, 3.63) is 48.4 Å². The molecule has 0 saturated carbocycles. The first kappa shape index (κ1) is 18.0. The van der Waals surface area contributed by atoms with Crippen molar-refractivity contribution in [1.82, 2.24) is 10.2 Å². The van der Waals surface area contributed by atoms with Crippen molar-refractivity contribution < 1.29 is 14.0 Å². The second kappa shape index (κ2) is 8.53. The van der Waals surface area contributed by atoms with Gasteiger partial charge in [0.1, 0.15) is 0 Å². The number of amides is 2. The molecule has 7 nitrogen and oxygen atoms in total. The Bertz CT molecular complexity index is 720. The van der Waals surface area contributed by atoms with Gasteiger partial charge >= 0.3 is 0 Å². The summed E-state index contributed by atoms with van der Waals surface area (Å²) in [6, 6.07) is 11.0. The average Bonchev–Trinajstić information content (AvgIpc) is 3.22. The van der Waals surface area contributed by atoms with E-state index in [2.05, 4.69) is 27.4 Å². The van der Waals surface area contributed by atoms with E-state index in [0.29, 0.717) is 5.69 Å². The molecule has 1 aromatic heterocycles. The SMILES string of the molecule is CCN1CCN(c2ccc(NC(=O)CNC(=O)c3ccco3)cc2)CC1. The zero-order chi connectivity index (χ0) is 18.4. The molecule has 0 bridgehead atoms. The van der Waals surface area contributed by atoms with Crippen LogP contribution in [-0.4, -0.2) is 56.0 Å². The summed E-state index contributed by atoms with van der Waals surface area (Å²) in [5.41, 5.74) is 1.86. The highest BCUT2D eigenvalue weighted by atomic mass is 16.3. The first-order valence-corrected chi connectivity index (χ1v) is 8.84. The van der Waals surface area contributed by atoms with Gasteiger partial charge in [0, 0.05) is 37.6 Å². The van der Waals surface area contributed by atoms with E-state index in [4.69, 9.17) is 4.42 Å². The van der Waals surface area contributed by atoms with Crippen LogP contribution in [0, 0.1) is 0 Å². The lowest BCUT2D eigenvalue weighted by Gasteiger charge is -2.35. The summed E-state index contributed by atoms with van der Waals surface area (Å²) < 4.78 is 4.98. The summed E-state index contributed by atoms with van der Waals surface area (Å²) in [6.45, 7) is 7.34. The Morgan fingerprint density at radius 2 is 1.81 bits per heavy atom. The van der Waals surface area contributed by atoms with Crippen molar-refractivity contribution in [2.24, 2.45) is 0 Å². The summed E-state index contributed by atoms with van der Waals surface area (Å²) in [7, 11) is 0. The van der Waals surface area contributed by atoms with E-state index < -0.39 is 5.91 Å². The molecule has 26 heavy (non-hydrogen) atoms. The molecule has 0 atom stereocenters. The number of benzene rings is 1. The monoisotopic (exact) mass is 356 g/mol. The number of carbonyl (C=O) groups excluding carboxylic acids is 2. The number of rotatable bonds is 6. The summed E-state index contributed by atoms with van der Waals surface area (Å²) in [5.74, 6) is -0.508. The van der Waals surface area contributed by atoms with Gasteiger partial charge in [-0.15, -0.1) is 0 Å². The van der Waals surface area contributed by atoms with Gasteiger partial charge in [0.15, 0.2) is 5.76 Å². The summed E-state index contributed by atoms with van der Waals surface area (Å²) in [6.07, 6.45) is 1.42. The molecule has 2 amide bonds. The Balaban J connectivity index is 1.46. The smallest absolute Gasteiger partial charge is 0.287 e. The van der Waals surface area contributed by atoms with Gasteiger partial charge in [0.05, 0.1) is 12.8 Å². The minimum atomic E-state index is -0.410. The zero-order valence-corrected chi connectivity index (χ0v) is 14.9. The molecule has 1 aliphatic heterocycles. The number of anilines is 2. The molecule has 2 heterocycles. The summed E-state index contributed by atoms with van der Waals surface area (Å²) in [5, 5.41) is 5.30. The second-order valence-corrected chi connectivity index (χ2v) is 6.18. The number of carbonyl (C=O) groups is 2. The number of piperazine rings is 1. The topological polar surface area (TPSA) is 77.8 Å². The maximum absolute atomic E-state index is 12.0. The van der Waals surface area contributed by atoms with Crippen LogP contribution in [0.1, 0.15) is 17.5 Å². The number of nitrogens with zero attached hydrogens (tertiary/aromatic N) is 2. The van der Waals surface area contributed by atoms with E-state index in [1.165, 1.54) is 6.26 Å². The second-order valence-electron chi connectivity index (χ2n) is 6.18. The Morgan fingerprint density at radius 3 is 2.42 bits per heavy atom. The van der Waals surface area contributed by atoms with Crippen LogP contribution in [0.4, 0.5) is 11.4 Å². The molecule has 0 aliphatic carbocycles. The molecule has 7 heteroatoms. The van der Waals surface area contributed by atoms with Crippen molar-refractivity contribution in [2.75, 3.05) is 49.5 Å². The van der Waals surface area contributed by atoms with Crippen molar-refractivity contribution >= 4 is 23.2 Å². The zero-order valence-electron chi connectivity index (χ0n) is 14.9. The van der Waals surface area contributed by atoms with Crippen LogP contribution in [0.5, 0.6) is 0 Å². The molecule has 138 valence electrons. The quantitative estimate of drug-likeness (QED) is 0.825. The van der Waals surface area contributed by atoms with E-state index in [1.54, 1.807) is 12.1 Å². The average molecular weight is 356 g/mol. The fraction of sp³-hybridized carbons (Fsp3) is 0.368. The number of likely N-dealkylation sites (N-methyl/N-ethyl adjacent to an activating group) is 1. The highest BCUT2D eigenvalue weighted by Crippen LogP contribution is 2.19. The molecule has 2 aromatic rings. The normalized spacial score (nSPS) is 14.9. The molecule has 0 spiro atoms. The lowest BCUT2D eigenvalue weighted by Crippen LogP contribution is -2.46. The predicted molar refractivity (Wildman–Crippen MR) is 100 cm³/mol. The third kappa shape index (κ3) is 4.64. The third-order valence-electron chi connectivity index (χ3n) is 4.49. The lowest BCUT2D eigenvalue weighted by atomic mass is 10.2. The van der Waals surface area contributed by atoms with Crippen LogP contribution >= 0.6 is 0 Å². The Labute approximate surface area is 153 Å². The van der Waals surface area contributed by atoms with Gasteiger partial charge in [-0.1, -0.05) is 6.92 Å². The number of hydrogen-bond donors (Lipinski definition) is 2. The fourth-order valence-electron chi connectivity index (χ4n) is 2.94. The maximum atomic E-state index is 12.0. The van der Waals surface area contributed by atoms with Gasteiger partial charge in [-0.2, -0.15) is 0 Å². The lowest BCUT2D eigenvalue weighted by molar-refractivity contribution is -0.115. The van der Waals surface area contributed by atoms with E-state index in [9.17, 15) is 9.59 Å². The van der Waals surface area contributed by atoms with Crippen molar-refractivity contribution in [1.29, 1.82) is 0 Å². The molecule has 1 saturated heterocycles. The first-order chi connectivity index (χ1) is 12.7. The van der Waals surface area contributed by atoms with Crippen LogP contribution in [-0.2, 0) is 4.79 Å². The van der Waals surface area contributed by atoms with Crippen molar-refractivity contribution in [3.8, 4) is 0 Å². The fourth-order valence-corrected chi connectivity index (χ4v) is 2.94. The summed E-state index contributed by atoms with van der Waals surface area (Å²) >= 11 is 0. The first-order valence-electron chi connectivity index (χ1n) is 8.84. The van der Waals surface area contributed by atoms with Gasteiger partial charge in [-0.05, 0) is 42.9 Å². The van der Waals surface area contributed by atoms with Gasteiger partial charge in [-0.3, -0.25) is 9.59 Å². The molecule has 1 aliphatic rings. The number of nitrogens with one attached hydrogen (secondary N) is 2. The minimum Gasteiger partial charge on any atom is -0.459 e. The molecule has 2 N–H and O–H groups in total.